The van der Waals surface area contributed by atoms with Crippen LogP contribution in [0.3, 0.4) is 0 Å². The van der Waals surface area contributed by atoms with Crippen LogP contribution in [0.25, 0.3) is 0 Å². The molecule has 0 N–H and O–H groups in total. The second-order valence-electron chi connectivity index (χ2n) is 3.19. The SMILES string of the molecule is COC(=O)C1CCCC1C(=O)OC. The Morgan fingerprint density at radius 3 is 1.69 bits per heavy atom. The molecule has 0 aromatic heterocycles. The number of carbonyl (C=O) groups is 2. The zero-order valence-corrected chi connectivity index (χ0v) is 7.91. The van der Waals surface area contributed by atoms with E-state index in [9.17, 15) is 9.59 Å². The van der Waals surface area contributed by atoms with Crippen LogP contribution in [-0.4, -0.2) is 26.2 Å². The lowest BCUT2D eigenvalue weighted by molar-refractivity contribution is -0.156. The maximum absolute atomic E-state index is 11.2. The van der Waals surface area contributed by atoms with Crippen LogP contribution in [0.1, 0.15) is 19.3 Å². The standard InChI is InChI=1S/C9H14O4/c1-12-8(10)6-4-3-5-7(6)9(11)13-2/h6-7H,3-5H2,1-2H3. The van der Waals surface area contributed by atoms with Crippen LogP contribution in [0.4, 0.5) is 0 Å². The first kappa shape index (κ1) is 10.0. The minimum Gasteiger partial charge on any atom is -0.469 e. The van der Waals surface area contributed by atoms with Gasteiger partial charge in [-0.05, 0) is 12.8 Å². The van der Waals surface area contributed by atoms with E-state index in [1.165, 1.54) is 14.2 Å². The molecular formula is C9H14O4. The van der Waals surface area contributed by atoms with Gasteiger partial charge in [-0.15, -0.1) is 0 Å². The third-order valence-corrected chi connectivity index (χ3v) is 2.52. The number of carbonyl (C=O) groups excluding carboxylic acids is 2. The van der Waals surface area contributed by atoms with Crippen molar-refractivity contribution in [2.45, 2.75) is 19.3 Å². The molecule has 1 aliphatic rings. The van der Waals surface area contributed by atoms with Gasteiger partial charge in [-0.1, -0.05) is 6.42 Å². The second kappa shape index (κ2) is 4.25. The third kappa shape index (κ3) is 1.99. The normalized spacial score (nSPS) is 26.9. The largest absolute Gasteiger partial charge is 0.469 e. The molecule has 0 radical (unpaired) electrons. The van der Waals surface area contributed by atoms with Crippen molar-refractivity contribution in [2.75, 3.05) is 14.2 Å². The summed E-state index contributed by atoms with van der Waals surface area (Å²) in [6, 6.07) is 0. The van der Waals surface area contributed by atoms with Gasteiger partial charge in [0.2, 0.25) is 0 Å². The Balaban J connectivity index is 2.63. The molecule has 4 nitrogen and oxygen atoms in total. The smallest absolute Gasteiger partial charge is 0.309 e. The quantitative estimate of drug-likeness (QED) is 0.597. The molecule has 1 rings (SSSR count). The molecule has 0 amide bonds. The lowest BCUT2D eigenvalue weighted by Gasteiger charge is -2.14. The Labute approximate surface area is 77.2 Å². The van der Waals surface area contributed by atoms with E-state index >= 15 is 0 Å². The van der Waals surface area contributed by atoms with Gasteiger partial charge in [-0.3, -0.25) is 9.59 Å². The number of rotatable bonds is 2. The van der Waals surface area contributed by atoms with Crippen LogP contribution in [0.5, 0.6) is 0 Å². The number of esters is 2. The minimum atomic E-state index is -0.298. The highest BCUT2D eigenvalue weighted by Crippen LogP contribution is 2.33. The lowest BCUT2D eigenvalue weighted by atomic mass is 9.96. The Morgan fingerprint density at radius 1 is 1.00 bits per heavy atom. The van der Waals surface area contributed by atoms with Gasteiger partial charge in [-0.25, -0.2) is 0 Å². The zero-order chi connectivity index (χ0) is 9.84. The van der Waals surface area contributed by atoms with Gasteiger partial charge in [0.1, 0.15) is 0 Å². The van der Waals surface area contributed by atoms with Crippen molar-refractivity contribution < 1.29 is 19.1 Å². The molecular weight excluding hydrogens is 172 g/mol. The van der Waals surface area contributed by atoms with Gasteiger partial charge in [0, 0.05) is 0 Å². The fraction of sp³-hybridized carbons (Fsp3) is 0.778. The summed E-state index contributed by atoms with van der Waals surface area (Å²) in [4.78, 5) is 22.4. The minimum absolute atomic E-state index is 0.294. The molecule has 0 spiro atoms. The van der Waals surface area contributed by atoms with Gasteiger partial charge in [0.25, 0.3) is 0 Å². The van der Waals surface area contributed by atoms with Crippen molar-refractivity contribution in [2.24, 2.45) is 11.8 Å². The van der Waals surface area contributed by atoms with Crippen LogP contribution in [-0.2, 0) is 19.1 Å². The molecule has 4 heteroatoms. The molecule has 0 heterocycles. The van der Waals surface area contributed by atoms with Crippen LogP contribution in [0.2, 0.25) is 0 Å². The molecule has 74 valence electrons. The van der Waals surface area contributed by atoms with Gasteiger partial charge < -0.3 is 9.47 Å². The average molecular weight is 186 g/mol. The van der Waals surface area contributed by atoms with Crippen molar-refractivity contribution >= 4 is 11.9 Å². The van der Waals surface area contributed by atoms with E-state index in [1.807, 2.05) is 0 Å². The van der Waals surface area contributed by atoms with E-state index in [4.69, 9.17) is 0 Å². The van der Waals surface area contributed by atoms with E-state index in [0.29, 0.717) is 0 Å². The van der Waals surface area contributed by atoms with Gasteiger partial charge >= 0.3 is 11.9 Å². The molecule has 0 aliphatic heterocycles. The van der Waals surface area contributed by atoms with E-state index in [0.717, 1.165) is 19.3 Å². The van der Waals surface area contributed by atoms with E-state index in [2.05, 4.69) is 9.47 Å². The van der Waals surface area contributed by atoms with E-state index in [1.54, 1.807) is 0 Å². The predicted molar refractivity (Wildman–Crippen MR) is 44.9 cm³/mol. The zero-order valence-electron chi connectivity index (χ0n) is 7.91. The van der Waals surface area contributed by atoms with Crippen molar-refractivity contribution in [3.8, 4) is 0 Å². The number of methoxy groups -OCH3 is 2. The monoisotopic (exact) mass is 186 g/mol. The first-order valence-electron chi connectivity index (χ1n) is 4.36. The number of ether oxygens (including phenoxy) is 2. The van der Waals surface area contributed by atoms with Crippen LogP contribution in [0.15, 0.2) is 0 Å². The van der Waals surface area contributed by atoms with Gasteiger partial charge in [0.15, 0.2) is 0 Å². The maximum atomic E-state index is 11.2. The summed E-state index contributed by atoms with van der Waals surface area (Å²) in [7, 11) is 2.68. The molecule has 0 aromatic rings. The summed E-state index contributed by atoms with van der Waals surface area (Å²) in [5.41, 5.74) is 0. The fourth-order valence-electron chi connectivity index (χ4n) is 1.83. The molecule has 0 bridgehead atoms. The van der Waals surface area contributed by atoms with Crippen molar-refractivity contribution in [1.82, 2.24) is 0 Å². The van der Waals surface area contributed by atoms with E-state index in [-0.39, 0.29) is 23.8 Å². The molecule has 1 aliphatic carbocycles. The maximum Gasteiger partial charge on any atom is 0.309 e. The molecule has 2 unspecified atom stereocenters. The molecule has 0 saturated heterocycles. The highest BCUT2D eigenvalue weighted by Gasteiger charge is 2.39. The van der Waals surface area contributed by atoms with Crippen LogP contribution in [0, 0.1) is 11.8 Å². The first-order valence-corrected chi connectivity index (χ1v) is 4.36. The van der Waals surface area contributed by atoms with Gasteiger partial charge in [0.05, 0.1) is 26.1 Å². The third-order valence-electron chi connectivity index (χ3n) is 2.52. The summed E-state index contributed by atoms with van der Waals surface area (Å²) >= 11 is 0. The topological polar surface area (TPSA) is 52.6 Å². The Bertz CT molecular complexity index is 190. The molecule has 1 saturated carbocycles. The summed E-state index contributed by atoms with van der Waals surface area (Å²) in [6.07, 6.45) is 2.35. The Kier molecular flexibility index (Phi) is 3.28. The summed E-state index contributed by atoms with van der Waals surface area (Å²) in [6.45, 7) is 0. The second-order valence-corrected chi connectivity index (χ2v) is 3.19. The summed E-state index contributed by atoms with van der Waals surface area (Å²) < 4.78 is 9.22. The average Bonchev–Trinajstić information content (AvgIpc) is 2.63. The molecule has 0 aromatic carbocycles. The number of hydrogen-bond acceptors (Lipinski definition) is 4. The molecule has 13 heavy (non-hydrogen) atoms. The van der Waals surface area contributed by atoms with Crippen molar-refractivity contribution in [3.05, 3.63) is 0 Å². The van der Waals surface area contributed by atoms with Crippen LogP contribution >= 0.6 is 0 Å². The predicted octanol–water partition coefficient (Wildman–Crippen LogP) is 0.749. The number of hydrogen-bond donors (Lipinski definition) is 0. The van der Waals surface area contributed by atoms with E-state index < -0.39 is 0 Å². The molecule has 2 atom stereocenters. The van der Waals surface area contributed by atoms with Gasteiger partial charge in [-0.2, -0.15) is 0 Å². The first-order chi connectivity index (χ1) is 6.20. The Morgan fingerprint density at radius 2 is 1.38 bits per heavy atom. The van der Waals surface area contributed by atoms with Crippen molar-refractivity contribution in [1.29, 1.82) is 0 Å². The van der Waals surface area contributed by atoms with Crippen LogP contribution < -0.4 is 0 Å². The Hall–Kier alpha value is -1.06. The fourth-order valence-corrected chi connectivity index (χ4v) is 1.83. The lowest BCUT2D eigenvalue weighted by Crippen LogP contribution is -2.27. The highest BCUT2D eigenvalue weighted by molar-refractivity contribution is 5.82. The van der Waals surface area contributed by atoms with Crippen molar-refractivity contribution in [3.63, 3.8) is 0 Å². The molecule has 1 fully saturated rings. The summed E-state index contributed by atoms with van der Waals surface area (Å²) in [5, 5.41) is 0. The highest BCUT2D eigenvalue weighted by atomic mass is 16.5. The summed E-state index contributed by atoms with van der Waals surface area (Å²) in [5.74, 6) is -1.18.